The van der Waals surface area contributed by atoms with Crippen LogP contribution in [0.2, 0.25) is 10.0 Å². The van der Waals surface area contributed by atoms with E-state index in [0.717, 1.165) is 38.9 Å². The lowest BCUT2D eigenvalue weighted by molar-refractivity contribution is -0.132. The van der Waals surface area contributed by atoms with Crippen LogP contribution in [-0.4, -0.2) is 11.9 Å². The second-order valence-electron chi connectivity index (χ2n) is 8.26. The number of hydrogen-bond acceptors (Lipinski definition) is 4. The third-order valence-corrected chi connectivity index (χ3v) is 6.14. The lowest BCUT2D eigenvalue weighted by atomic mass is 9.82. The Labute approximate surface area is 204 Å². The predicted octanol–water partition coefficient (Wildman–Crippen LogP) is 7.26. The van der Waals surface area contributed by atoms with E-state index in [2.05, 4.69) is 0 Å². The van der Waals surface area contributed by atoms with Gasteiger partial charge < -0.3 is 9.47 Å². The predicted molar refractivity (Wildman–Crippen MR) is 132 cm³/mol. The Kier molecular flexibility index (Phi) is 7.51. The smallest absolute Gasteiger partial charge is 0.308 e. The van der Waals surface area contributed by atoms with E-state index in [4.69, 9.17) is 32.7 Å². The summed E-state index contributed by atoms with van der Waals surface area (Å²) in [6, 6.07) is 13.7. The Hall–Kier alpha value is -2.82. The second kappa shape index (κ2) is 9.98. The molecule has 0 fully saturated rings. The van der Waals surface area contributed by atoms with Crippen molar-refractivity contribution in [1.29, 1.82) is 0 Å². The molecule has 0 atom stereocenters. The van der Waals surface area contributed by atoms with Gasteiger partial charge in [-0.25, -0.2) is 0 Å². The molecule has 0 radical (unpaired) electrons. The monoisotopic (exact) mass is 484 g/mol. The maximum Gasteiger partial charge on any atom is 0.308 e. The average molecular weight is 485 g/mol. The first-order chi connectivity index (χ1) is 15.5. The summed E-state index contributed by atoms with van der Waals surface area (Å²) in [5.41, 5.74) is 6.41. The minimum absolute atomic E-state index is 0.174. The van der Waals surface area contributed by atoms with Gasteiger partial charge in [0, 0.05) is 19.8 Å². The van der Waals surface area contributed by atoms with Gasteiger partial charge in [0.2, 0.25) is 0 Å². The average Bonchev–Trinajstić information content (AvgIpc) is 2.70. The maximum absolute atomic E-state index is 11.5. The summed E-state index contributed by atoms with van der Waals surface area (Å²) in [5, 5.41) is 0.948. The summed E-state index contributed by atoms with van der Waals surface area (Å²) in [4.78, 5) is 23.1. The molecule has 0 unspecified atom stereocenters. The minimum Gasteiger partial charge on any atom is -0.426 e. The van der Waals surface area contributed by atoms with E-state index in [-0.39, 0.29) is 17.9 Å². The first-order valence-corrected chi connectivity index (χ1v) is 11.3. The summed E-state index contributed by atoms with van der Waals surface area (Å²) in [6.07, 6.45) is 0. The molecular weight excluding hydrogens is 459 g/mol. The first-order valence-electron chi connectivity index (χ1n) is 10.5. The minimum atomic E-state index is -0.359. The topological polar surface area (TPSA) is 52.6 Å². The highest BCUT2D eigenvalue weighted by molar-refractivity contribution is 6.42. The fourth-order valence-corrected chi connectivity index (χ4v) is 4.49. The quantitative estimate of drug-likeness (QED) is 0.217. The van der Waals surface area contributed by atoms with Crippen molar-refractivity contribution in [3.63, 3.8) is 0 Å². The lowest BCUT2D eigenvalue weighted by Crippen LogP contribution is -2.10. The third kappa shape index (κ3) is 5.58. The molecule has 0 bridgehead atoms. The van der Waals surface area contributed by atoms with Crippen molar-refractivity contribution in [2.24, 2.45) is 0 Å². The molecule has 0 aliphatic heterocycles. The number of aryl methyl sites for hydroxylation is 4. The van der Waals surface area contributed by atoms with Gasteiger partial charge in [0.05, 0.1) is 10.0 Å². The van der Waals surface area contributed by atoms with Crippen LogP contribution in [0, 0.1) is 27.7 Å². The van der Waals surface area contributed by atoms with Gasteiger partial charge in [0.1, 0.15) is 11.5 Å². The highest BCUT2D eigenvalue weighted by Gasteiger charge is 2.22. The molecule has 3 aromatic rings. The maximum atomic E-state index is 11.5. The number of carbonyl (C=O) groups excluding carboxylic acids is 2. The van der Waals surface area contributed by atoms with Gasteiger partial charge in [-0.2, -0.15) is 0 Å². The largest absolute Gasteiger partial charge is 0.426 e. The Morgan fingerprint density at radius 1 is 0.636 bits per heavy atom. The summed E-state index contributed by atoms with van der Waals surface area (Å²) in [7, 11) is 0. The number of esters is 2. The zero-order valence-corrected chi connectivity index (χ0v) is 21.0. The molecule has 3 aromatic carbocycles. The van der Waals surface area contributed by atoms with Gasteiger partial charge in [-0.1, -0.05) is 53.5 Å². The number of benzene rings is 3. The van der Waals surface area contributed by atoms with E-state index >= 15 is 0 Å². The van der Waals surface area contributed by atoms with Gasteiger partial charge in [-0.15, -0.1) is 0 Å². The SMILES string of the molecule is CC(=O)Oc1c(C)cc(C(c2cc(C)c(OC(C)=O)c(C)c2)c2ccc(Cl)c(Cl)c2)cc1C. The Balaban J connectivity index is 2.23. The standard InChI is InChI=1S/C27H26Cl2O4/c1-14-9-21(10-15(2)26(14)32-18(5)30)25(20-7-8-23(28)24(29)13-20)22-11-16(3)27(17(4)12-22)33-19(6)31/h7-13,25H,1-6H3. The molecule has 0 aromatic heterocycles. The van der Waals surface area contributed by atoms with Crippen LogP contribution in [0.15, 0.2) is 42.5 Å². The van der Waals surface area contributed by atoms with Crippen molar-refractivity contribution in [1.82, 2.24) is 0 Å². The van der Waals surface area contributed by atoms with Crippen molar-refractivity contribution >= 4 is 35.1 Å². The highest BCUT2D eigenvalue weighted by atomic mass is 35.5. The molecule has 0 saturated heterocycles. The molecule has 0 amide bonds. The summed E-state index contributed by atoms with van der Waals surface area (Å²) < 4.78 is 10.8. The summed E-state index contributed by atoms with van der Waals surface area (Å²) in [5.74, 6) is 0.241. The molecule has 0 saturated carbocycles. The van der Waals surface area contributed by atoms with Gasteiger partial charge in [-0.05, 0) is 78.8 Å². The van der Waals surface area contributed by atoms with Crippen LogP contribution in [0.1, 0.15) is 58.7 Å². The fourth-order valence-electron chi connectivity index (χ4n) is 4.18. The van der Waals surface area contributed by atoms with Crippen molar-refractivity contribution in [3.8, 4) is 11.5 Å². The lowest BCUT2D eigenvalue weighted by Gasteiger charge is -2.23. The number of ether oxygens (including phenoxy) is 2. The number of carbonyl (C=O) groups is 2. The van der Waals surface area contributed by atoms with Crippen molar-refractivity contribution in [2.75, 3.05) is 0 Å². The number of rotatable bonds is 5. The Morgan fingerprint density at radius 2 is 1.03 bits per heavy atom. The molecule has 0 N–H and O–H groups in total. The van der Waals surface area contributed by atoms with Crippen LogP contribution in [0.4, 0.5) is 0 Å². The normalized spacial score (nSPS) is 10.9. The third-order valence-electron chi connectivity index (χ3n) is 5.40. The molecule has 3 rings (SSSR count). The van der Waals surface area contributed by atoms with Crippen LogP contribution in [0.3, 0.4) is 0 Å². The van der Waals surface area contributed by atoms with Crippen LogP contribution in [0.5, 0.6) is 11.5 Å². The van der Waals surface area contributed by atoms with Crippen LogP contribution >= 0.6 is 23.2 Å². The van der Waals surface area contributed by atoms with E-state index < -0.39 is 0 Å². The van der Waals surface area contributed by atoms with Gasteiger partial charge in [-0.3, -0.25) is 9.59 Å². The highest BCUT2D eigenvalue weighted by Crippen LogP contribution is 2.40. The molecule has 0 aliphatic rings. The zero-order valence-electron chi connectivity index (χ0n) is 19.5. The Bertz CT molecular complexity index is 1130. The van der Waals surface area contributed by atoms with Gasteiger partial charge in [0.25, 0.3) is 0 Å². The zero-order chi connectivity index (χ0) is 24.4. The molecule has 4 nitrogen and oxygen atoms in total. The second-order valence-corrected chi connectivity index (χ2v) is 9.08. The van der Waals surface area contributed by atoms with Crippen LogP contribution in [0.25, 0.3) is 0 Å². The molecular formula is C27H26Cl2O4. The van der Waals surface area contributed by atoms with E-state index in [1.807, 2.05) is 64.1 Å². The van der Waals surface area contributed by atoms with E-state index in [1.54, 1.807) is 6.07 Å². The molecule has 6 heteroatoms. The number of hydrogen-bond donors (Lipinski definition) is 0. The van der Waals surface area contributed by atoms with E-state index in [9.17, 15) is 9.59 Å². The molecule has 0 spiro atoms. The van der Waals surface area contributed by atoms with E-state index in [1.165, 1.54) is 13.8 Å². The van der Waals surface area contributed by atoms with Gasteiger partial charge in [0.15, 0.2) is 0 Å². The molecule has 0 aliphatic carbocycles. The molecule has 172 valence electrons. The fraction of sp³-hybridized carbons (Fsp3) is 0.259. The van der Waals surface area contributed by atoms with Gasteiger partial charge >= 0.3 is 11.9 Å². The van der Waals surface area contributed by atoms with Crippen molar-refractivity contribution in [3.05, 3.63) is 91.5 Å². The van der Waals surface area contributed by atoms with Crippen molar-refractivity contribution < 1.29 is 19.1 Å². The van der Waals surface area contributed by atoms with Crippen molar-refractivity contribution in [2.45, 2.75) is 47.5 Å². The molecule has 33 heavy (non-hydrogen) atoms. The van der Waals surface area contributed by atoms with Crippen LogP contribution < -0.4 is 9.47 Å². The Morgan fingerprint density at radius 3 is 1.36 bits per heavy atom. The number of halogens is 2. The summed E-state index contributed by atoms with van der Waals surface area (Å²) in [6.45, 7) is 10.5. The summed E-state index contributed by atoms with van der Waals surface area (Å²) >= 11 is 12.6. The molecule has 0 heterocycles. The van der Waals surface area contributed by atoms with Crippen LogP contribution in [-0.2, 0) is 9.59 Å². The first kappa shape index (κ1) is 24.8. The van der Waals surface area contributed by atoms with E-state index in [0.29, 0.717) is 21.5 Å².